The summed E-state index contributed by atoms with van der Waals surface area (Å²) in [5.41, 5.74) is 9.62. The van der Waals surface area contributed by atoms with E-state index in [1.165, 1.54) is 33.0 Å². The molecular weight excluding hydrogens is 288 g/mol. The molecule has 1 rings (SSSR count). The smallest absolute Gasteiger partial charge is 0.125 e. The lowest BCUT2D eigenvalue weighted by molar-refractivity contribution is -0.113. The fourth-order valence-corrected chi connectivity index (χ4v) is 1.25. The van der Waals surface area contributed by atoms with Gasteiger partial charge in [-0.3, -0.25) is 0 Å². The van der Waals surface area contributed by atoms with Crippen LogP contribution in [0, 0.1) is 5.41 Å². The molecule has 1 aliphatic heterocycles. The Morgan fingerprint density at radius 2 is 1.48 bits per heavy atom. The summed E-state index contributed by atoms with van der Waals surface area (Å²) >= 11 is 0. The van der Waals surface area contributed by atoms with Gasteiger partial charge in [0.15, 0.2) is 0 Å². The zero-order valence-electron chi connectivity index (χ0n) is 17.5. The predicted molar refractivity (Wildman–Crippen MR) is 106 cm³/mol. The topological polar surface area (TPSA) is 75.6 Å². The van der Waals surface area contributed by atoms with Gasteiger partial charge in [-0.2, -0.15) is 0 Å². The van der Waals surface area contributed by atoms with Gasteiger partial charge in [0.05, 0.1) is 0 Å². The van der Waals surface area contributed by atoms with Gasteiger partial charge < -0.3 is 26.1 Å². The highest BCUT2D eigenvalue weighted by molar-refractivity contribution is 5.56. The molecule has 0 saturated carbocycles. The van der Waals surface area contributed by atoms with Gasteiger partial charge in [0.25, 0.3) is 0 Å². The highest BCUT2D eigenvalue weighted by atomic mass is 16.1. The van der Waals surface area contributed by atoms with Gasteiger partial charge in [0, 0.05) is 18.5 Å². The molecule has 1 saturated heterocycles. The Morgan fingerprint density at radius 1 is 1.13 bits per heavy atom. The average Bonchev–Trinajstić information content (AvgIpc) is 3.03. The second kappa shape index (κ2) is 23.8. The van der Waals surface area contributed by atoms with Gasteiger partial charge in [0.1, 0.15) is 6.29 Å². The largest absolute Gasteiger partial charge is 0.333 e. The normalized spacial score (nSPS) is 13.2. The maximum atomic E-state index is 9.83. The van der Waals surface area contributed by atoms with E-state index < -0.39 is 0 Å². The summed E-state index contributed by atoms with van der Waals surface area (Å²) in [4.78, 5) is 14.4. The van der Waals surface area contributed by atoms with Gasteiger partial charge in [-0.25, -0.2) is 0 Å². The van der Waals surface area contributed by atoms with Gasteiger partial charge in [-0.05, 0) is 53.6 Å². The second-order valence-electron chi connectivity index (χ2n) is 6.18. The molecule has 5 nitrogen and oxygen atoms in total. The molecule has 0 bridgehead atoms. The van der Waals surface area contributed by atoms with Gasteiger partial charge in [-0.1, -0.05) is 41.5 Å². The molecule has 0 unspecified atom stereocenters. The molecule has 0 aromatic carbocycles. The number of nitrogens with zero attached hydrogens (tertiary/aromatic N) is 2. The standard InChI is InChI=1S/C5H14N2.C5H11N.C5H10O.C2H6.CH5N/c1-3-7(2)5-4-6;1-6-4-2-3-5-6;1-5(2,3)4-6;2*1-2/h3-6H2,1-2H3;2-5H2,1H3;4H,1-3H3;1-2H3;2H2,1H3. The minimum absolute atomic E-state index is 0.139. The first-order valence-electron chi connectivity index (χ1n) is 8.88. The molecule has 4 N–H and O–H groups in total. The van der Waals surface area contributed by atoms with Crippen LogP contribution < -0.4 is 11.5 Å². The maximum absolute atomic E-state index is 9.83. The number of likely N-dealkylation sites (tertiary alicyclic amines) is 1. The monoisotopic (exact) mass is 334 g/mol. The van der Waals surface area contributed by atoms with Crippen molar-refractivity contribution < 1.29 is 4.79 Å². The van der Waals surface area contributed by atoms with Crippen LogP contribution in [0.2, 0.25) is 0 Å². The number of aldehydes is 1. The minimum Gasteiger partial charge on any atom is -0.333 e. The molecule has 144 valence electrons. The molecular formula is C18H46N4O. The third-order valence-corrected chi connectivity index (χ3v) is 2.73. The number of hydrogen-bond donors (Lipinski definition) is 2. The van der Waals surface area contributed by atoms with Crippen molar-refractivity contribution in [1.29, 1.82) is 0 Å². The van der Waals surface area contributed by atoms with Crippen LogP contribution in [0.25, 0.3) is 0 Å². The molecule has 5 heteroatoms. The average molecular weight is 335 g/mol. The SMILES string of the molecule is CC.CC(C)(C)C=O.CCN(C)CCN.CN.CN1CCCC1. The van der Waals surface area contributed by atoms with E-state index in [2.05, 4.69) is 36.6 Å². The van der Waals surface area contributed by atoms with Crippen molar-refractivity contribution in [3.8, 4) is 0 Å². The number of likely N-dealkylation sites (N-methyl/N-ethyl adjacent to an activating group) is 1. The van der Waals surface area contributed by atoms with Crippen LogP contribution in [-0.4, -0.2) is 70.0 Å². The third kappa shape index (κ3) is 38.9. The van der Waals surface area contributed by atoms with Crippen LogP contribution in [-0.2, 0) is 4.79 Å². The first-order chi connectivity index (χ1) is 10.8. The molecule has 0 amide bonds. The lowest BCUT2D eigenvalue weighted by Crippen LogP contribution is -2.24. The van der Waals surface area contributed by atoms with E-state index in [9.17, 15) is 4.79 Å². The Morgan fingerprint density at radius 3 is 1.57 bits per heavy atom. The molecule has 0 spiro atoms. The van der Waals surface area contributed by atoms with Crippen LogP contribution >= 0.6 is 0 Å². The van der Waals surface area contributed by atoms with E-state index in [1.807, 2.05) is 34.6 Å². The molecule has 23 heavy (non-hydrogen) atoms. The van der Waals surface area contributed by atoms with Crippen molar-refractivity contribution in [3.05, 3.63) is 0 Å². The second-order valence-corrected chi connectivity index (χ2v) is 6.18. The lowest BCUT2D eigenvalue weighted by Gasteiger charge is -2.10. The molecule has 0 aromatic rings. The van der Waals surface area contributed by atoms with Crippen LogP contribution in [0.15, 0.2) is 0 Å². The summed E-state index contributed by atoms with van der Waals surface area (Å²) < 4.78 is 0. The minimum atomic E-state index is -0.139. The van der Waals surface area contributed by atoms with E-state index in [0.717, 1.165) is 25.9 Å². The quantitative estimate of drug-likeness (QED) is 0.775. The first-order valence-corrected chi connectivity index (χ1v) is 8.88. The Labute approximate surface area is 146 Å². The molecule has 0 aliphatic carbocycles. The number of carbonyl (C=O) groups is 1. The Hall–Kier alpha value is -0.490. The molecule has 1 heterocycles. The summed E-state index contributed by atoms with van der Waals surface area (Å²) in [6.07, 6.45) is 3.76. The van der Waals surface area contributed by atoms with Gasteiger partial charge in [-0.15, -0.1) is 0 Å². The van der Waals surface area contributed by atoms with Crippen molar-refractivity contribution >= 4 is 6.29 Å². The van der Waals surface area contributed by atoms with Crippen LogP contribution in [0.4, 0.5) is 0 Å². The summed E-state index contributed by atoms with van der Waals surface area (Å²) in [7, 11) is 5.74. The van der Waals surface area contributed by atoms with Gasteiger partial charge >= 0.3 is 0 Å². The Bertz CT molecular complexity index is 200. The first kappa shape index (κ1) is 30.4. The number of rotatable bonds is 3. The highest BCUT2D eigenvalue weighted by Gasteiger charge is 2.04. The summed E-state index contributed by atoms with van der Waals surface area (Å²) in [5, 5.41) is 0. The van der Waals surface area contributed by atoms with E-state index in [1.54, 1.807) is 0 Å². The molecule has 0 aromatic heterocycles. The molecule has 0 radical (unpaired) electrons. The van der Waals surface area contributed by atoms with E-state index >= 15 is 0 Å². The fourth-order valence-electron chi connectivity index (χ4n) is 1.25. The molecule has 1 aliphatic rings. The predicted octanol–water partition coefficient (Wildman–Crippen LogP) is 2.44. The van der Waals surface area contributed by atoms with E-state index in [-0.39, 0.29) is 5.41 Å². The van der Waals surface area contributed by atoms with Crippen molar-refractivity contribution in [2.45, 2.75) is 54.4 Å². The highest BCUT2D eigenvalue weighted by Crippen LogP contribution is 2.05. The molecule has 1 fully saturated rings. The van der Waals surface area contributed by atoms with E-state index in [4.69, 9.17) is 5.73 Å². The Balaban J connectivity index is -0.000000106. The zero-order chi connectivity index (χ0) is 19.3. The van der Waals surface area contributed by atoms with Gasteiger partial charge in [0.2, 0.25) is 0 Å². The maximum Gasteiger partial charge on any atom is 0.125 e. The van der Waals surface area contributed by atoms with Crippen molar-refractivity contribution in [1.82, 2.24) is 9.80 Å². The van der Waals surface area contributed by atoms with Crippen LogP contribution in [0.1, 0.15) is 54.4 Å². The number of nitrogens with two attached hydrogens (primary N) is 2. The summed E-state index contributed by atoms with van der Waals surface area (Å²) in [5.74, 6) is 0. The van der Waals surface area contributed by atoms with Crippen LogP contribution in [0.5, 0.6) is 0 Å². The summed E-state index contributed by atoms with van der Waals surface area (Å²) in [6, 6.07) is 0. The number of hydrogen-bond acceptors (Lipinski definition) is 5. The summed E-state index contributed by atoms with van der Waals surface area (Å²) in [6.45, 7) is 17.3. The fraction of sp³-hybridized carbons (Fsp3) is 0.944. The third-order valence-electron chi connectivity index (χ3n) is 2.73. The van der Waals surface area contributed by atoms with Crippen LogP contribution in [0.3, 0.4) is 0 Å². The van der Waals surface area contributed by atoms with Crippen molar-refractivity contribution in [2.75, 3.05) is 53.9 Å². The van der Waals surface area contributed by atoms with Crippen molar-refractivity contribution in [3.63, 3.8) is 0 Å². The zero-order valence-corrected chi connectivity index (χ0v) is 17.5. The van der Waals surface area contributed by atoms with Crippen molar-refractivity contribution in [2.24, 2.45) is 16.9 Å². The number of carbonyl (C=O) groups excluding carboxylic acids is 1. The lowest BCUT2D eigenvalue weighted by atomic mass is 10.0. The molecule has 0 atom stereocenters. The van der Waals surface area contributed by atoms with E-state index in [0.29, 0.717) is 0 Å². The Kier molecular flexibility index (Phi) is 31.4.